The summed E-state index contributed by atoms with van der Waals surface area (Å²) in [7, 11) is 0. The molecular formula is C17H27NO4. The number of hydrogen-bond donors (Lipinski definition) is 3. The minimum absolute atomic E-state index is 0.122. The lowest BCUT2D eigenvalue weighted by atomic mass is 9.76. The Balaban J connectivity index is 3.18. The van der Waals surface area contributed by atoms with Gasteiger partial charge in [-0.15, -0.1) is 0 Å². The third-order valence-electron chi connectivity index (χ3n) is 3.94. The second kappa shape index (κ2) is 6.55. The highest BCUT2D eigenvalue weighted by Crippen LogP contribution is 2.37. The van der Waals surface area contributed by atoms with Gasteiger partial charge in [0, 0.05) is 17.3 Å². The molecule has 22 heavy (non-hydrogen) atoms. The van der Waals surface area contributed by atoms with Crippen molar-refractivity contribution in [3.63, 3.8) is 0 Å². The lowest BCUT2D eigenvalue weighted by Crippen LogP contribution is -2.33. The van der Waals surface area contributed by atoms with Gasteiger partial charge in [0.1, 0.15) is 0 Å². The predicted octanol–water partition coefficient (Wildman–Crippen LogP) is 3.39. The molecule has 124 valence electrons. The van der Waals surface area contributed by atoms with Crippen molar-refractivity contribution in [1.82, 2.24) is 5.32 Å². The number of carboxylic acid groups (broad SMARTS) is 2. The van der Waals surface area contributed by atoms with Gasteiger partial charge in [0.2, 0.25) is 0 Å². The molecule has 0 bridgehead atoms. The minimum atomic E-state index is -1.05. The molecule has 5 heteroatoms. The van der Waals surface area contributed by atoms with Gasteiger partial charge >= 0.3 is 11.9 Å². The lowest BCUT2D eigenvalue weighted by molar-refractivity contribution is -0.134. The maximum Gasteiger partial charge on any atom is 0.333 e. The number of aliphatic carboxylic acids is 2. The first-order valence-corrected chi connectivity index (χ1v) is 7.59. The number of nitrogens with one attached hydrogen (secondary N) is 1. The smallest absolute Gasteiger partial charge is 0.333 e. The van der Waals surface area contributed by atoms with E-state index in [1.165, 1.54) is 0 Å². The van der Waals surface area contributed by atoms with Crippen molar-refractivity contribution in [2.75, 3.05) is 0 Å². The topological polar surface area (TPSA) is 86.6 Å². The highest BCUT2D eigenvalue weighted by molar-refractivity contribution is 5.96. The SMILES string of the molecule is CC1=C(C(=O)O)C(CC(C)CC(C)(C)C)C(C(=O)O)=C(C)N1. The number of dihydropyridines is 1. The molecule has 1 atom stereocenters. The van der Waals surface area contributed by atoms with Gasteiger partial charge in [0.25, 0.3) is 0 Å². The average Bonchev–Trinajstić information content (AvgIpc) is 2.23. The molecule has 1 aliphatic rings. The maximum absolute atomic E-state index is 11.6. The van der Waals surface area contributed by atoms with Crippen LogP contribution < -0.4 is 5.32 Å². The van der Waals surface area contributed by atoms with Gasteiger partial charge in [0.15, 0.2) is 0 Å². The first-order valence-electron chi connectivity index (χ1n) is 7.59. The molecule has 0 spiro atoms. The van der Waals surface area contributed by atoms with Gasteiger partial charge in [-0.1, -0.05) is 27.7 Å². The first-order chi connectivity index (χ1) is 9.94. The molecule has 1 rings (SSSR count). The van der Waals surface area contributed by atoms with E-state index in [0.717, 1.165) is 6.42 Å². The van der Waals surface area contributed by atoms with Crippen molar-refractivity contribution >= 4 is 11.9 Å². The van der Waals surface area contributed by atoms with Gasteiger partial charge in [-0.05, 0) is 38.0 Å². The van der Waals surface area contributed by atoms with Crippen LogP contribution in [-0.4, -0.2) is 22.2 Å². The van der Waals surface area contributed by atoms with E-state index in [9.17, 15) is 19.8 Å². The number of allylic oxidation sites excluding steroid dienone is 2. The molecule has 1 unspecified atom stereocenters. The molecule has 0 aromatic carbocycles. The summed E-state index contributed by atoms with van der Waals surface area (Å²) in [5.41, 5.74) is 1.52. The monoisotopic (exact) mass is 309 g/mol. The molecule has 0 aliphatic carbocycles. The van der Waals surface area contributed by atoms with E-state index in [2.05, 4.69) is 33.0 Å². The molecule has 0 aromatic heterocycles. The summed E-state index contributed by atoms with van der Waals surface area (Å²) < 4.78 is 0. The van der Waals surface area contributed by atoms with Crippen LogP contribution >= 0.6 is 0 Å². The summed E-state index contributed by atoms with van der Waals surface area (Å²) >= 11 is 0. The zero-order valence-corrected chi connectivity index (χ0v) is 14.3. The minimum Gasteiger partial charge on any atom is -0.478 e. The van der Waals surface area contributed by atoms with Crippen LogP contribution in [0.3, 0.4) is 0 Å². The molecule has 0 radical (unpaired) electrons. The van der Waals surface area contributed by atoms with Gasteiger partial charge in [0.05, 0.1) is 11.1 Å². The molecular weight excluding hydrogens is 282 g/mol. The van der Waals surface area contributed by atoms with Crippen LogP contribution in [0, 0.1) is 17.3 Å². The van der Waals surface area contributed by atoms with Gasteiger partial charge in [-0.2, -0.15) is 0 Å². The zero-order chi connectivity index (χ0) is 17.2. The molecule has 0 fully saturated rings. The molecule has 0 amide bonds. The van der Waals surface area contributed by atoms with Gasteiger partial charge < -0.3 is 15.5 Å². The van der Waals surface area contributed by atoms with Crippen molar-refractivity contribution in [1.29, 1.82) is 0 Å². The van der Waals surface area contributed by atoms with Crippen molar-refractivity contribution in [2.24, 2.45) is 17.3 Å². The Hall–Kier alpha value is -1.78. The summed E-state index contributed by atoms with van der Waals surface area (Å²) in [5.74, 6) is -2.45. The molecule has 0 saturated heterocycles. The highest BCUT2D eigenvalue weighted by atomic mass is 16.4. The molecule has 1 heterocycles. The Bertz CT molecular complexity index is 501. The number of carboxylic acids is 2. The Morgan fingerprint density at radius 1 is 1.09 bits per heavy atom. The van der Waals surface area contributed by atoms with E-state index < -0.39 is 17.9 Å². The van der Waals surface area contributed by atoms with E-state index in [1.54, 1.807) is 13.8 Å². The standard InChI is InChI=1S/C17H27NO4/c1-9(8-17(4,5)6)7-12-13(15(19)20)10(2)18-11(3)14(12)16(21)22/h9,12,18H,7-8H2,1-6H3,(H,19,20)(H,21,22). The third kappa shape index (κ3) is 4.36. The van der Waals surface area contributed by atoms with E-state index in [1.807, 2.05) is 0 Å². The van der Waals surface area contributed by atoms with Crippen LogP contribution in [-0.2, 0) is 9.59 Å². The summed E-state index contributed by atoms with van der Waals surface area (Å²) in [6, 6.07) is 0. The van der Waals surface area contributed by atoms with Crippen molar-refractivity contribution in [3.8, 4) is 0 Å². The Kier molecular flexibility index (Phi) is 5.44. The fourth-order valence-corrected chi connectivity index (χ4v) is 3.47. The Labute approximate surface area is 132 Å². The summed E-state index contributed by atoms with van der Waals surface area (Å²) in [6.45, 7) is 11.8. The average molecular weight is 309 g/mol. The third-order valence-corrected chi connectivity index (χ3v) is 3.94. The fourth-order valence-electron chi connectivity index (χ4n) is 3.47. The molecule has 3 N–H and O–H groups in total. The number of rotatable bonds is 5. The van der Waals surface area contributed by atoms with Crippen LogP contribution in [0.5, 0.6) is 0 Å². The summed E-state index contributed by atoms with van der Waals surface area (Å²) in [6.07, 6.45) is 1.44. The summed E-state index contributed by atoms with van der Waals surface area (Å²) in [4.78, 5) is 23.2. The highest BCUT2D eigenvalue weighted by Gasteiger charge is 2.36. The van der Waals surface area contributed by atoms with E-state index in [4.69, 9.17) is 0 Å². The number of hydrogen-bond acceptors (Lipinski definition) is 3. The van der Waals surface area contributed by atoms with Gasteiger partial charge in [-0.25, -0.2) is 9.59 Å². The predicted molar refractivity (Wildman–Crippen MR) is 85.2 cm³/mol. The maximum atomic E-state index is 11.6. The molecule has 5 nitrogen and oxygen atoms in total. The fraction of sp³-hybridized carbons (Fsp3) is 0.647. The quantitative estimate of drug-likeness (QED) is 0.724. The first kappa shape index (κ1) is 18.3. The normalized spacial score (nSPS) is 18.3. The van der Waals surface area contributed by atoms with Crippen LogP contribution in [0.25, 0.3) is 0 Å². The number of carbonyl (C=O) groups is 2. The van der Waals surface area contributed by atoms with E-state index in [0.29, 0.717) is 17.8 Å². The summed E-state index contributed by atoms with van der Waals surface area (Å²) in [5, 5.41) is 21.9. The van der Waals surface area contributed by atoms with Crippen LogP contribution in [0.15, 0.2) is 22.5 Å². The van der Waals surface area contributed by atoms with E-state index >= 15 is 0 Å². The Morgan fingerprint density at radius 3 is 1.82 bits per heavy atom. The molecule has 0 saturated carbocycles. The second-order valence-corrected chi connectivity index (χ2v) is 7.47. The van der Waals surface area contributed by atoms with Crippen LogP contribution in [0.2, 0.25) is 0 Å². The molecule has 0 aromatic rings. The van der Waals surface area contributed by atoms with E-state index in [-0.39, 0.29) is 22.5 Å². The Morgan fingerprint density at radius 2 is 1.50 bits per heavy atom. The lowest BCUT2D eigenvalue weighted by Gasteiger charge is -2.32. The largest absolute Gasteiger partial charge is 0.478 e. The van der Waals surface area contributed by atoms with Crippen molar-refractivity contribution < 1.29 is 19.8 Å². The van der Waals surface area contributed by atoms with Gasteiger partial charge in [-0.3, -0.25) is 0 Å². The zero-order valence-electron chi connectivity index (χ0n) is 14.3. The molecule has 1 aliphatic heterocycles. The second-order valence-electron chi connectivity index (χ2n) is 7.47. The van der Waals surface area contributed by atoms with Crippen LogP contribution in [0.4, 0.5) is 0 Å². The van der Waals surface area contributed by atoms with Crippen molar-refractivity contribution in [3.05, 3.63) is 22.5 Å². The van der Waals surface area contributed by atoms with Crippen LogP contribution in [0.1, 0.15) is 54.4 Å². The van der Waals surface area contributed by atoms with Crippen molar-refractivity contribution in [2.45, 2.75) is 54.4 Å².